The Morgan fingerprint density at radius 3 is 2.57 bits per heavy atom. The van der Waals surface area contributed by atoms with Gasteiger partial charge in [-0.15, -0.1) is 0 Å². The van der Waals surface area contributed by atoms with Gasteiger partial charge in [0.25, 0.3) is 0 Å². The summed E-state index contributed by atoms with van der Waals surface area (Å²) in [6.45, 7) is 4.19. The Bertz CT molecular complexity index is 48.1. The van der Waals surface area contributed by atoms with Crippen LogP contribution in [0, 0.1) is 14.0 Å². The van der Waals surface area contributed by atoms with E-state index >= 15 is 0 Å². The summed E-state index contributed by atoms with van der Waals surface area (Å²) < 4.78 is 4.48. The van der Waals surface area contributed by atoms with Crippen LogP contribution in [0.4, 0.5) is 0 Å². The molecular weight excluding hydrogens is 88.1 g/mol. The first-order valence-electron chi connectivity index (χ1n) is 2.23. The molecule has 2 radical (unpaired) electrons. The van der Waals surface area contributed by atoms with Gasteiger partial charge < -0.3 is 4.74 Å². The van der Waals surface area contributed by atoms with Crippen molar-refractivity contribution in [1.29, 1.82) is 0 Å². The van der Waals surface area contributed by atoms with Gasteiger partial charge in [0.05, 0.1) is 13.7 Å². The molecule has 0 unspecified atom stereocenters. The van der Waals surface area contributed by atoms with Crippen molar-refractivity contribution in [3.8, 4) is 0 Å². The third kappa shape index (κ3) is 5.70. The topological polar surface area (TPSA) is 9.23 Å². The number of hydrogen-bond donors (Lipinski definition) is 0. The standard InChI is InChI=1S/C6H10O/c1-3-4-5-6-7-2/h4-5H,1-3,6H2. The number of ether oxygens (including phenoxy) is 1. The zero-order valence-electron chi connectivity index (χ0n) is 4.39. The van der Waals surface area contributed by atoms with Crippen LogP contribution in [0.5, 0.6) is 0 Å². The minimum atomic E-state index is 0.593. The van der Waals surface area contributed by atoms with Gasteiger partial charge in [0.1, 0.15) is 0 Å². The number of allylic oxidation sites excluding steroid dienone is 1. The predicted octanol–water partition coefficient (Wildman–Crippen LogP) is 1.57. The molecule has 0 fully saturated rings. The zero-order valence-corrected chi connectivity index (χ0v) is 4.39. The highest BCUT2D eigenvalue weighted by Crippen LogP contribution is 1.78. The van der Waals surface area contributed by atoms with Crippen molar-refractivity contribution < 1.29 is 4.74 Å². The Morgan fingerprint density at radius 2 is 2.14 bits per heavy atom. The minimum Gasteiger partial charge on any atom is -0.375 e. The average Bonchev–Trinajstić information content (AvgIpc) is 1.69. The van der Waals surface area contributed by atoms with Crippen LogP contribution in [-0.2, 0) is 4.74 Å². The molecule has 0 aromatic carbocycles. The molecular formula is C6H10O. The van der Waals surface area contributed by atoms with E-state index in [1.165, 1.54) is 0 Å². The lowest BCUT2D eigenvalue weighted by molar-refractivity contribution is 0.281. The van der Waals surface area contributed by atoms with Crippen molar-refractivity contribution in [2.45, 2.75) is 6.42 Å². The second-order valence-corrected chi connectivity index (χ2v) is 1.13. The maximum atomic E-state index is 4.48. The van der Waals surface area contributed by atoms with Gasteiger partial charge in [0.2, 0.25) is 0 Å². The molecule has 0 rings (SSSR count). The second kappa shape index (κ2) is 5.70. The van der Waals surface area contributed by atoms with E-state index in [-0.39, 0.29) is 0 Å². The molecule has 0 atom stereocenters. The third-order valence-electron chi connectivity index (χ3n) is 0.547. The molecule has 0 saturated carbocycles. The van der Waals surface area contributed by atoms with E-state index in [0.717, 1.165) is 6.42 Å². The molecule has 0 aliphatic rings. The zero-order chi connectivity index (χ0) is 5.54. The summed E-state index contributed by atoms with van der Waals surface area (Å²) in [6.07, 6.45) is 4.65. The Hall–Kier alpha value is -0.300. The molecule has 0 aliphatic carbocycles. The van der Waals surface area contributed by atoms with Crippen molar-refractivity contribution in [3.05, 3.63) is 26.2 Å². The summed E-state index contributed by atoms with van der Waals surface area (Å²) in [4.78, 5) is 0. The SMILES string of the molecule is [CH2]CC=CCO[CH2]. The van der Waals surface area contributed by atoms with Crippen molar-refractivity contribution in [3.63, 3.8) is 0 Å². The molecule has 0 spiro atoms. The van der Waals surface area contributed by atoms with Gasteiger partial charge in [-0.3, -0.25) is 0 Å². The molecule has 0 aromatic rings. The summed E-state index contributed by atoms with van der Waals surface area (Å²) in [5.74, 6) is 0. The average molecular weight is 98.1 g/mol. The lowest BCUT2D eigenvalue weighted by Gasteiger charge is -1.83. The largest absolute Gasteiger partial charge is 0.375 e. The van der Waals surface area contributed by atoms with Crippen LogP contribution in [0.1, 0.15) is 6.42 Å². The van der Waals surface area contributed by atoms with Gasteiger partial charge in [0, 0.05) is 0 Å². The molecule has 0 aliphatic heterocycles. The highest BCUT2D eigenvalue weighted by molar-refractivity contribution is 4.81. The fraction of sp³-hybridized carbons (Fsp3) is 0.333. The van der Waals surface area contributed by atoms with E-state index in [0.29, 0.717) is 6.61 Å². The second-order valence-electron chi connectivity index (χ2n) is 1.13. The molecule has 1 heteroatoms. The number of rotatable bonds is 3. The molecule has 0 aromatic heterocycles. The van der Waals surface area contributed by atoms with Gasteiger partial charge in [-0.1, -0.05) is 12.2 Å². The Labute approximate surface area is 45.0 Å². The minimum absolute atomic E-state index is 0.593. The van der Waals surface area contributed by atoms with Gasteiger partial charge in [-0.05, 0) is 13.3 Å². The lowest BCUT2D eigenvalue weighted by atomic mass is 10.4. The molecule has 7 heavy (non-hydrogen) atoms. The van der Waals surface area contributed by atoms with E-state index < -0.39 is 0 Å². The number of hydrogen-bond acceptors (Lipinski definition) is 1. The van der Waals surface area contributed by atoms with Crippen molar-refractivity contribution in [2.75, 3.05) is 6.61 Å². The van der Waals surface area contributed by atoms with Crippen LogP contribution >= 0.6 is 0 Å². The fourth-order valence-corrected chi connectivity index (χ4v) is 0.254. The maximum absolute atomic E-state index is 4.48. The van der Waals surface area contributed by atoms with Gasteiger partial charge >= 0.3 is 0 Å². The van der Waals surface area contributed by atoms with Crippen LogP contribution < -0.4 is 0 Å². The monoisotopic (exact) mass is 98.1 g/mol. The Kier molecular flexibility index (Phi) is 5.46. The van der Waals surface area contributed by atoms with Gasteiger partial charge in [0.15, 0.2) is 0 Å². The van der Waals surface area contributed by atoms with Crippen LogP contribution in [0.2, 0.25) is 0 Å². The first-order valence-corrected chi connectivity index (χ1v) is 2.23. The molecule has 0 amide bonds. The van der Waals surface area contributed by atoms with E-state index in [2.05, 4.69) is 18.8 Å². The first-order chi connectivity index (χ1) is 3.41. The van der Waals surface area contributed by atoms with Gasteiger partial charge in [-0.2, -0.15) is 0 Å². The van der Waals surface area contributed by atoms with E-state index in [4.69, 9.17) is 0 Å². The van der Waals surface area contributed by atoms with Crippen molar-refractivity contribution in [2.24, 2.45) is 0 Å². The lowest BCUT2D eigenvalue weighted by Crippen LogP contribution is -1.75. The van der Waals surface area contributed by atoms with Crippen molar-refractivity contribution >= 4 is 0 Å². The molecule has 0 bridgehead atoms. The molecule has 0 saturated heterocycles. The molecule has 1 nitrogen and oxygen atoms in total. The van der Waals surface area contributed by atoms with Gasteiger partial charge in [-0.25, -0.2) is 0 Å². The van der Waals surface area contributed by atoms with Crippen molar-refractivity contribution in [1.82, 2.24) is 0 Å². The summed E-state index contributed by atoms with van der Waals surface area (Å²) >= 11 is 0. The van der Waals surface area contributed by atoms with Crippen LogP contribution in [0.3, 0.4) is 0 Å². The first kappa shape index (κ1) is 6.70. The van der Waals surface area contributed by atoms with E-state index in [1.54, 1.807) is 0 Å². The van der Waals surface area contributed by atoms with Crippen LogP contribution in [0.25, 0.3) is 0 Å². The highest BCUT2D eigenvalue weighted by Gasteiger charge is 1.66. The smallest absolute Gasteiger partial charge is 0.0704 e. The third-order valence-corrected chi connectivity index (χ3v) is 0.547. The maximum Gasteiger partial charge on any atom is 0.0704 e. The predicted molar refractivity (Wildman–Crippen MR) is 30.4 cm³/mol. The molecule has 0 N–H and O–H groups in total. The quantitative estimate of drug-likeness (QED) is 0.487. The van der Waals surface area contributed by atoms with Crippen LogP contribution in [-0.4, -0.2) is 6.61 Å². The molecule has 0 heterocycles. The van der Waals surface area contributed by atoms with E-state index in [1.807, 2.05) is 12.2 Å². The Balaban J connectivity index is 2.78. The molecule has 40 valence electrons. The Morgan fingerprint density at radius 1 is 1.43 bits per heavy atom. The highest BCUT2D eigenvalue weighted by atomic mass is 16.5. The summed E-state index contributed by atoms with van der Waals surface area (Å²) in [6, 6.07) is 0. The normalized spacial score (nSPS) is 10.6. The summed E-state index contributed by atoms with van der Waals surface area (Å²) in [7, 11) is 3.19. The fourth-order valence-electron chi connectivity index (χ4n) is 0.254. The summed E-state index contributed by atoms with van der Waals surface area (Å²) in [5.41, 5.74) is 0. The summed E-state index contributed by atoms with van der Waals surface area (Å²) in [5, 5.41) is 0. The van der Waals surface area contributed by atoms with E-state index in [9.17, 15) is 0 Å². The van der Waals surface area contributed by atoms with Crippen LogP contribution in [0.15, 0.2) is 12.2 Å².